The molecule has 98 valence electrons. The van der Waals surface area contributed by atoms with Crippen LogP contribution >= 0.6 is 0 Å². The fourth-order valence-electron chi connectivity index (χ4n) is 3.40. The largest absolute Gasteiger partial charge is 0.378 e. The van der Waals surface area contributed by atoms with Crippen LogP contribution in [0, 0.1) is 5.92 Å². The zero-order valence-corrected chi connectivity index (χ0v) is 11.0. The molecule has 3 aliphatic rings. The van der Waals surface area contributed by atoms with E-state index in [9.17, 15) is 0 Å². The van der Waals surface area contributed by atoms with Gasteiger partial charge >= 0.3 is 0 Å². The van der Waals surface area contributed by atoms with Crippen molar-refractivity contribution in [1.82, 2.24) is 10.2 Å². The Bertz CT molecular complexity index is 255. The van der Waals surface area contributed by atoms with E-state index in [2.05, 4.69) is 17.1 Å². The second-order valence-corrected chi connectivity index (χ2v) is 6.05. The van der Waals surface area contributed by atoms with Crippen molar-refractivity contribution < 1.29 is 4.74 Å². The van der Waals surface area contributed by atoms with Crippen molar-refractivity contribution in [2.75, 3.05) is 26.2 Å². The first-order chi connectivity index (χ1) is 8.35. The highest BCUT2D eigenvalue weighted by molar-refractivity contribution is 4.90. The highest BCUT2D eigenvalue weighted by atomic mass is 16.5. The number of hydrogen-bond acceptors (Lipinski definition) is 3. The molecule has 3 rings (SSSR count). The van der Waals surface area contributed by atoms with Crippen molar-refractivity contribution in [1.29, 1.82) is 0 Å². The van der Waals surface area contributed by atoms with E-state index >= 15 is 0 Å². The van der Waals surface area contributed by atoms with E-state index in [4.69, 9.17) is 4.74 Å². The van der Waals surface area contributed by atoms with Crippen LogP contribution in [0.4, 0.5) is 0 Å². The van der Waals surface area contributed by atoms with E-state index in [0.29, 0.717) is 6.10 Å². The van der Waals surface area contributed by atoms with Crippen molar-refractivity contribution in [3.05, 3.63) is 0 Å². The van der Waals surface area contributed by atoms with Gasteiger partial charge in [0.15, 0.2) is 0 Å². The van der Waals surface area contributed by atoms with Gasteiger partial charge in [-0.15, -0.1) is 0 Å². The van der Waals surface area contributed by atoms with Crippen LogP contribution in [0.15, 0.2) is 0 Å². The van der Waals surface area contributed by atoms with E-state index in [1.807, 2.05) is 0 Å². The van der Waals surface area contributed by atoms with Gasteiger partial charge in [-0.1, -0.05) is 6.92 Å². The first kappa shape index (κ1) is 11.9. The first-order valence-electron chi connectivity index (χ1n) is 7.45. The van der Waals surface area contributed by atoms with E-state index in [1.54, 1.807) is 0 Å². The zero-order chi connectivity index (χ0) is 11.7. The third-order valence-electron chi connectivity index (χ3n) is 4.56. The number of nitrogens with zero attached hydrogens (tertiary/aromatic N) is 1. The second-order valence-electron chi connectivity index (χ2n) is 6.05. The molecule has 1 aliphatic carbocycles. The van der Waals surface area contributed by atoms with Gasteiger partial charge in [-0.2, -0.15) is 0 Å². The molecule has 0 aromatic heterocycles. The smallest absolute Gasteiger partial charge is 0.0613 e. The average Bonchev–Trinajstić information content (AvgIpc) is 2.86. The molecule has 0 spiro atoms. The highest BCUT2D eigenvalue weighted by Crippen LogP contribution is 2.26. The predicted molar refractivity (Wildman–Crippen MR) is 69.1 cm³/mol. The lowest BCUT2D eigenvalue weighted by atomic mass is 9.99. The van der Waals surface area contributed by atoms with E-state index in [0.717, 1.165) is 24.6 Å². The van der Waals surface area contributed by atoms with Crippen molar-refractivity contribution in [2.45, 2.75) is 57.2 Å². The van der Waals surface area contributed by atoms with Crippen LogP contribution in [0.3, 0.4) is 0 Å². The minimum Gasteiger partial charge on any atom is -0.378 e. The number of ether oxygens (including phenoxy) is 1. The zero-order valence-electron chi connectivity index (χ0n) is 11.0. The minimum atomic E-state index is 0.533. The maximum atomic E-state index is 5.78. The van der Waals surface area contributed by atoms with E-state index < -0.39 is 0 Å². The van der Waals surface area contributed by atoms with Crippen LogP contribution in [0.1, 0.15) is 39.0 Å². The number of likely N-dealkylation sites (tertiary alicyclic amines) is 1. The molecule has 1 N–H and O–H groups in total. The van der Waals surface area contributed by atoms with Crippen molar-refractivity contribution >= 4 is 0 Å². The summed E-state index contributed by atoms with van der Waals surface area (Å²) in [7, 11) is 0. The lowest BCUT2D eigenvalue weighted by Crippen LogP contribution is -2.36. The Kier molecular flexibility index (Phi) is 3.69. The Labute approximate surface area is 105 Å². The fourth-order valence-corrected chi connectivity index (χ4v) is 3.40. The SMILES string of the molecule is CCC1OCCC1CN1CCC(NC2CC2)C1. The summed E-state index contributed by atoms with van der Waals surface area (Å²) in [5, 5.41) is 3.76. The third-order valence-corrected chi connectivity index (χ3v) is 4.56. The molecule has 2 heterocycles. The van der Waals surface area contributed by atoms with Crippen LogP contribution < -0.4 is 5.32 Å². The topological polar surface area (TPSA) is 24.5 Å². The van der Waals surface area contributed by atoms with Crippen molar-refractivity contribution in [2.24, 2.45) is 5.92 Å². The molecule has 0 bridgehead atoms. The Hall–Kier alpha value is -0.120. The molecule has 0 aromatic carbocycles. The lowest BCUT2D eigenvalue weighted by molar-refractivity contribution is 0.0780. The van der Waals surface area contributed by atoms with Crippen molar-refractivity contribution in [3.8, 4) is 0 Å². The Morgan fingerprint density at radius 1 is 1.18 bits per heavy atom. The Balaban J connectivity index is 1.43. The van der Waals surface area contributed by atoms with Crippen LogP contribution in [0.5, 0.6) is 0 Å². The van der Waals surface area contributed by atoms with Crippen LogP contribution in [-0.4, -0.2) is 49.3 Å². The summed E-state index contributed by atoms with van der Waals surface area (Å²) >= 11 is 0. The highest BCUT2D eigenvalue weighted by Gasteiger charge is 2.33. The molecule has 0 radical (unpaired) electrons. The summed E-state index contributed by atoms with van der Waals surface area (Å²) in [5.74, 6) is 0.791. The molecule has 3 nitrogen and oxygen atoms in total. The van der Waals surface area contributed by atoms with Gasteiger partial charge in [-0.25, -0.2) is 0 Å². The average molecular weight is 238 g/mol. The van der Waals surface area contributed by atoms with Gasteiger partial charge < -0.3 is 15.0 Å². The standard InChI is InChI=1S/C14H26N2O/c1-2-14-11(6-8-17-14)9-16-7-5-13(10-16)15-12-3-4-12/h11-15H,2-10H2,1H3. The lowest BCUT2D eigenvalue weighted by Gasteiger charge is -2.23. The van der Waals surface area contributed by atoms with Gasteiger partial charge in [-0.3, -0.25) is 0 Å². The third kappa shape index (κ3) is 3.01. The van der Waals surface area contributed by atoms with Gasteiger partial charge in [0.05, 0.1) is 6.10 Å². The monoisotopic (exact) mass is 238 g/mol. The van der Waals surface area contributed by atoms with Gasteiger partial charge in [-0.05, 0) is 44.6 Å². The van der Waals surface area contributed by atoms with Gasteiger partial charge in [0, 0.05) is 31.8 Å². The Morgan fingerprint density at radius 3 is 2.82 bits per heavy atom. The number of rotatable bonds is 5. The maximum absolute atomic E-state index is 5.78. The molecule has 17 heavy (non-hydrogen) atoms. The van der Waals surface area contributed by atoms with Crippen molar-refractivity contribution in [3.63, 3.8) is 0 Å². The first-order valence-corrected chi connectivity index (χ1v) is 7.45. The summed E-state index contributed by atoms with van der Waals surface area (Å²) in [4.78, 5) is 2.65. The molecule has 3 atom stereocenters. The molecule has 1 saturated carbocycles. The van der Waals surface area contributed by atoms with E-state index in [1.165, 1.54) is 51.7 Å². The molecule has 0 amide bonds. The summed E-state index contributed by atoms with van der Waals surface area (Å²) in [5.41, 5.74) is 0. The minimum absolute atomic E-state index is 0.533. The normalized spacial score (nSPS) is 39.0. The van der Waals surface area contributed by atoms with Gasteiger partial charge in [0.1, 0.15) is 0 Å². The fraction of sp³-hybridized carbons (Fsp3) is 1.00. The van der Waals surface area contributed by atoms with E-state index in [-0.39, 0.29) is 0 Å². The summed E-state index contributed by atoms with van der Waals surface area (Å²) in [6, 6.07) is 1.63. The van der Waals surface area contributed by atoms with Gasteiger partial charge in [0.2, 0.25) is 0 Å². The summed E-state index contributed by atoms with van der Waals surface area (Å²) < 4.78 is 5.78. The molecule has 0 aromatic rings. The molecular weight excluding hydrogens is 212 g/mol. The van der Waals surface area contributed by atoms with Crippen LogP contribution in [0.2, 0.25) is 0 Å². The molecule has 3 fully saturated rings. The van der Waals surface area contributed by atoms with Gasteiger partial charge in [0.25, 0.3) is 0 Å². The number of nitrogens with one attached hydrogen (secondary N) is 1. The molecule has 3 unspecified atom stereocenters. The van der Waals surface area contributed by atoms with Crippen LogP contribution in [-0.2, 0) is 4.74 Å². The predicted octanol–water partition coefficient (Wildman–Crippen LogP) is 1.63. The second kappa shape index (κ2) is 5.25. The molecule has 3 heteroatoms. The molecule has 2 saturated heterocycles. The maximum Gasteiger partial charge on any atom is 0.0613 e. The Morgan fingerprint density at radius 2 is 2.06 bits per heavy atom. The molecule has 2 aliphatic heterocycles. The summed E-state index contributed by atoms with van der Waals surface area (Å²) in [6.07, 6.45) is 7.15. The molecular formula is C14H26N2O. The quantitative estimate of drug-likeness (QED) is 0.788. The summed E-state index contributed by atoms with van der Waals surface area (Å²) in [6.45, 7) is 7.06. The van der Waals surface area contributed by atoms with Crippen LogP contribution in [0.25, 0.3) is 0 Å². The number of hydrogen-bond donors (Lipinski definition) is 1.